The van der Waals surface area contributed by atoms with E-state index in [4.69, 9.17) is 0 Å². The predicted molar refractivity (Wildman–Crippen MR) is 85.6 cm³/mol. The summed E-state index contributed by atoms with van der Waals surface area (Å²) in [6, 6.07) is 1.61. The van der Waals surface area contributed by atoms with Crippen molar-refractivity contribution in [3.63, 3.8) is 0 Å². The molecule has 7 heteroatoms. The Morgan fingerprint density at radius 1 is 1.36 bits per heavy atom. The largest absolute Gasteiger partial charge is 0.338 e. The van der Waals surface area contributed by atoms with E-state index in [0.29, 0.717) is 0 Å². The lowest BCUT2D eigenvalue weighted by molar-refractivity contribution is -0.136. The van der Waals surface area contributed by atoms with Crippen molar-refractivity contribution in [1.29, 1.82) is 0 Å². The van der Waals surface area contributed by atoms with Gasteiger partial charge in [-0.1, -0.05) is 0 Å². The fourth-order valence-corrected chi connectivity index (χ4v) is 3.33. The Hall–Kier alpha value is -1.73. The lowest BCUT2D eigenvalue weighted by Crippen LogP contribution is -2.50. The highest BCUT2D eigenvalue weighted by Gasteiger charge is 2.26. The van der Waals surface area contributed by atoms with Crippen molar-refractivity contribution in [2.45, 2.75) is 26.4 Å². The van der Waals surface area contributed by atoms with Crippen molar-refractivity contribution < 1.29 is 4.79 Å². The summed E-state index contributed by atoms with van der Waals surface area (Å²) in [5.74, 6) is 0.146. The summed E-state index contributed by atoms with van der Waals surface area (Å²) >= 11 is 1.69. The number of amides is 1. The first-order valence-electron chi connectivity index (χ1n) is 7.55. The molecule has 6 nitrogen and oxygen atoms in total. The van der Waals surface area contributed by atoms with Gasteiger partial charge in [-0.05, 0) is 19.9 Å². The Morgan fingerprint density at radius 3 is 2.73 bits per heavy atom. The number of hydrogen-bond acceptors (Lipinski definition) is 5. The minimum Gasteiger partial charge on any atom is -0.338 e. The highest BCUT2D eigenvalue weighted by molar-refractivity contribution is 7.09. The second-order valence-electron chi connectivity index (χ2n) is 5.62. The molecule has 0 spiro atoms. The van der Waals surface area contributed by atoms with E-state index in [9.17, 15) is 4.79 Å². The first kappa shape index (κ1) is 15.2. The molecule has 0 aliphatic carbocycles. The zero-order valence-electron chi connectivity index (χ0n) is 13.0. The van der Waals surface area contributed by atoms with E-state index in [-0.39, 0.29) is 11.9 Å². The van der Waals surface area contributed by atoms with Crippen LogP contribution in [0, 0.1) is 6.92 Å². The molecule has 0 unspecified atom stereocenters. The van der Waals surface area contributed by atoms with Gasteiger partial charge in [-0.15, -0.1) is 11.3 Å². The minimum absolute atomic E-state index is 0.146. The van der Waals surface area contributed by atoms with Gasteiger partial charge >= 0.3 is 0 Å². The lowest BCUT2D eigenvalue weighted by atomic mass is 10.2. The molecule has 2 aromatic rings. The van der Waals surface area contributed by atoms with Gasteiger partial charge in [-0.2, -0.15) is 5.10 Å². The first-order chi connectivity index (χ1) is 10.6. The van der Waals surface area contributed by atoms with E-state index < -0.39 is 0 Å². The molecule has 1 saturated heterocycles. The van der Waals surface area contributed by atoms with Crippen LogP contribution in [0.15, 0.2) is 23.8 Å². The SMILES string of the molecule is Cc1nc(CN2CCN(C(=O)[C@H](C)n3cccn3)CC2)cs1. The van der Waals surface area contributed by atoms with Crippen LogP contribution in [0.2, 0.25) is 0 Å². The van der Waals surface area contributed by atoms with Crippen molar-refractivity contribution >= 4 is 17.2 Å². The van der Waals surface area contributed by atoms with E-state index in [2.05, 4.69) is 20.4 Å². The number of hydrogen-bond donors (Lipinski definition) is 0. The average molecular weight is 319 g/mol. The molecule has 0 N–H and O–H groups in total. The maximum absolute atomic E-state index is 12.5. The van der Waals surface area contributed by atoms with Crippen LogP contribution in [0.1, 0.15) is 23.7 Å². The summed E-state index contributed by atoms with van der Waals surface area (Å²) in [7, 11) is 0. The predicted octanol–water partition coefficient (Wildman–Crippen LogP) is 1.55. The van der Waals surface area contributed by atoms with Crippen molar-refractivity contribution in [3.8, 4) is 0 Å². The normalized spacial score (nSPS) is 17.6. The molecule has 1 aliphatic rings. The van der Waals surface area contributed by atoms with Gasteiger partial charge in [0, 0.05) is 50.5 Å². The number of carbonyl (C=O) groups excluding carboxylic acids is 1. The van der Waals surface area contributed by atoms with Crippen LogP contribution < -0.4 is 0 Å². The monoisotopic (exact) mass is 319 g/mol. The van der Waals surface area contributed by atoms with Gasteiger partial charge in [0.1, 0.15) is 6.04 Å². The molecule has 3 heterocycles. The smallest absolute Gasteiger partial charge is 0.247 e. The minimum atomic E-state index is -0.234. The summed E-state index contributed by atoms with van der Waals surface area (Å²) in [6.45, 7) is 8.14. The number of nitrogens with zero attached hydrogens (tertiary/aromatic N) is 5. The maximum atomic E-state index is 12.5. The van der Waals surface area contributed by atoms with E-state index >= 15 is 0 Å². The molecule has 1 fully saturated rings. The van der Waals surface area contributed by atoms with Gasteiger partial charge in [0.05, 0.1) is 10.7 Å². The van der Waals surface area contributed by atoms with Crippen LogP contribution in [0.3, 0.4) is 0 Å². The fraction of sp³-hybridized carbons (Fsp3) is 0.533. The second kappa shape index (κ2) is 6.58. The molecule has 3 rings (SSSR count). The van der Waals surface area contributed by atoms with Crippen LogP contribution in [0.4, 0.5) is 0 Å². The van der Waals surface area contributed by atoms with Crippen molar-refractivity contribution in [2.75, 3.05) is 26.2 Å². The molecule has 0 bridgehead atoms. The van der Waals surface area contributed by atoms with Gasteiger partial charge in [-0.3, -0.25) is 14.4 Å². The Bertz CT molecular complexity index is 616. The number of piperazine rings is 1. The van der Waals surface area contributed by atoms with Crippen LogP contribution in [-0.4, -0.2) is 56.7 Å². The van der Waals surface area contributed by atoms with E-state index in [1.54, 1.807) is 22.2 Å². The van der Waals surface area contributed by atoms with Gasteiger partial charge in [0.15, 0.2) is 0 Å². The van der Waals surface area contributed by atoms with E-state index in [1.807, 2.05) is 31.0 Å². The molecule has 2 aromatic heterocycles. The Kier molecular flexibility index (Phi) is 4.54. The Labute approximate surface area is 134 Å². The summed E-state index contributed by atoms with van der Waals surface area (Å²) in [6.07, 6.45) is 3.54. The van der Waals surface area contributed by atoms with Crippen LogP contribution in [0.5, 0.6) is 0 Å². The second-order valence-corrected chi connectivity index (χ2v) is 6.68. The molecule has 0 radical (unpaired) electrons. The number of thiazole rings is 1. The van der Waals surface area contributed by atoms with E-state index in [0.717, 1.165) is 43.4 Å². The number of aryl methyl sites for hydroxylation is 1. The molecule has 22 heavy (non-hydrogen) atoms. The first-order valence-corrected chi connectivity index (χ1v) is 8.43. The lowest BCUT2D eigenvalue weighted by Gasteiger charge is -2.35. The molecular weight excluding hydrogens is 298 g/mol. The topological polar surface area (TPSA) is 54.3 Å². The number of aromatic nitrogens is 3. The van der Waals surface area contributed by atoms with Crippen LogP contribution >= 0.6 is 11.3 Å². The zero-order valence-corrected chi connectivity index (χ0v) is 13.8. The maximum Gasteiger partial charge on any atom is 0.247 e. The zero-order chi connectivity index (χ0) is 15.5. The van der Waals surface area contributed by atoms with Crippen molar-refractivity contribution in [3.05, 3.63) is 34.5 Å². The summed E-state index contributed by atoms with van der Waals surface area (Å²) in [4.78, 5) is 21.3. The average Bonchev–Trinajstić information content (AvgIpc) is 3.18. The quantitative estimate of drug-likeness (QED) is 0.858. The molecule has 0 saturated carbocycles. The van der Waals surface area contributed by atoms with Crippen molar-refractivity contribution in [2.24, 2.45) is 0 Å². The third-order valence-electron chi connectivity index (χ3n) is 4.02. The van der Waals surface area contributed by atoms with Gasteiger partial charge in [0.25, 0.3) is 0 Å². The highest BCUT2D eigenvalue weighted by atomic mass is 32.1. The Morgan fingerprint density at radius 2 is 2.14 bits per heavy atom. The third-order valence-corrected chi connectivity index (χ3v) is 4.84. The Balaban J connectivity index is 1.52. The number of carbonyl (C=O) groups is 1. The summed E-state index contributed by atoms with van der Waals surface area (Å²) in [5, 5.41) is 7.38. The van der Waals surface area contributed by atoms with E-state index in [1.165, 1.54) is 0 Å². The molecule has 1 atom stereocenters. The summed E-state index contributed by atoms with van der Waals surface area (Å²) < 4.78 is 1.72. The van der Waals surface area contributed by atoms with Gasteiger partial charge in [-0.25, -0.2) is 4.98 Å². The third kappa shape index (κ3) is 3.36. The van der Waals surface area contributed by atoms with Crippen molar-refractivity contribution in [1.82, 2.24) is 24.6 Å². The number of rotatable bonds is 4. The molecule has 118 valence electrons. The van der Waals surface area contributed by atoms with Crippen LogP contribution in [-0.2, 0) is 11.3 Å². The molecule has 1 amide bonds. The summed E-state index contributed by atoms with van der Waals surface area (Å²) in [5.41, 5.74) is 1.13. The molecule has 1 aliphatic heterocycles. The fourth-order valence-electron chi connectivity index (χ4n) is 2.72. The molecular formula is C15H21N5OS. The standard InChI is InChI=1S/C15H21N5OS/c1-12(20-5-3-4-16-20)15(21)19-8-6-18(7-9-19)10-14-11-22-13(2)17-14/h3-5,11-12H,6-10H2,1-2H3/t12-/m0/s1. The molecule has 0 aromatic carbocycles. The van der Waals surface area contributed by atoms with Gasteiger partial charge < -0.3 is 4.90 Å². The van der Waals surface area contributed by atoms with Gasteiger partial charge in [0.2, 0.25) is 5.91 Å². The van der Waals surface area contributed by atoms with Crippen LogP contribution in [0.25, 0.3) is 0 Å². The highest BCUT2D eigenvalue weighted by Crippen LogP contribution is 2.14.